The number of fused-ring (bicyclic) bond motifs is 1. The average molecular weight is 283 g/mol. The molecule has 0 aromatic heterocycles. The summed E-state index contributed by atoms with van der Waals surface area (Å²) >= 11 is 0. The van der Waals surface area contributed by atoms with Crippen LogP contribution in [-0.4, -0.2) is 18.8 Å². The molecule has 0 aliphatic carbocycles. The second kappa shape index (κ2) is 5.41. The molecule has 0 fully saturated rings. The average Bonchev–Trinajstić information content (AvgIpc) is 2.46. The van der Waals surface area contributed by atoms with Crippen molar-refractivity contribution in [2.45, 2.75) is 26.3 Å². The maximum Gasteiger partial charge on any atom is 0.124 e. The number of methoxy groups -OCH3 is 1. The number of aryl methyl sites for hydroxylation is 2. The van der Waals surface area contributed by atoms with Gasteiger partial charge in [-0.25, -0.2) is 0 Å². The van der Waals surface area contributed by atoms with E-state index in [2.05, 4.69) is 31.3 Å². The third kappa shape index (κ3) is 2.49. The Morgan fingerprint density at radius 1 is 1.14 bits per heavy atom. The molecule has 0 spiro atoms. The van der Waals surface area contributed by atoms with E-state index in [4.69, 9.17) is 4.74 Å². The fourth-order valence-corrected chi connectivity index (χ4v) is 3.32. The van der Waals surface area contributed by atoms with Crippen LogP contribution in [0.2, 0.25) is 0 Å². The lowest BCUT2D eigenvalue weighted by molar-refractivity contribution is 0.408. The zero-order valence-corrected chi connectivity index (χ0v) is 12.7. The molecule has 2 aromatic carbocycles. The fourth-order valence-electron chi connectivity index (χ4n) is 3.32. The minimum atomic E-state index is 0.178. The van der Waals surface area contributed by atoms with Crippen LogP contribution < -0.4 is 10.1 Å². The molecule has 0 saturated carbocycles. The van der Waals surface area contributed by atoms with Gasteiger partial charge in [0.1, 0.15) is 11.5 Å². The standard InChI is InChI=1S/C18H21NO2/c1-11-8-14(9-12(2)18(11)21-3)17-16-5-4-15(20)10-13(16)6-7-19-17/h4-5,8-10,17,19-20H,6-7H2,1-3H3. The summed E-state index contributed by atoms with van der Waals surface area (Å²) in [6, 6.07) is 10.2. The van der Waals surface area contributed by atoms with Gasteiger partial charge in [0.05, 0.1) is 13.2 Å². The molecule has 3 rings (SSSR count). The third-order valence-corrected chi connectivity index (χ3v) is 4.20. The first-order valence-electron chi connectivity index (χ1n) is 7.30. The summed E-state index contributed by atoms with van der Waals surface area (Å²) in [5.41, 5.74) is 6.03. The van der Waals surface area contributed by atoms with Crippen LogP contribution in [0.15, 0.2) is 30.3 Å². The maximum absolute atomic E-state index is 9.66. The van der Waals surface area contributed by atoms with Crippen molar-refractivity contribution in [3.05, 3.63) is 58.1 Å². The molecule has 2 N–H and O–H groups in total. The summed E-state index contributed by atoms with van der Waals surface area (Å²) in [5.74, 6) is 1.30. The lowest BCUT2D eigenvalue weighted by Crippen LogP contribution is -2.30. The minimum absolute atomic E-state index is 0.178. The zero-order chi connectivity index (χ0) is 15.0. The van der Waals surface area contributed by atoms with Crippen molar-refractivity contribution in [3.8, 4) is 11.5 Å². The molecule has 3 heteroatoms. The normalized spacial score (nSPS) is 17.4. The van der Waals surface area contributed by atoms with Crippen LogP contribution in [0.1, 0.15) is 33.9 Å². The van der Waals surface area contributed by atoms with Gasteiger partial charge in [0.2, 0.25) is 0 Å². The Morgan fingerprint density at radius 3 is 2.52 bits per heavy atom. The number of hydrogen-bond acceptors (Lipinski definition) is 3. The van der Waals surface area contributed by atoms with E-state index in [1.165, 1.54) is 16.7 Å². The minimum Gasteiger partial charge on any atom is -0.508 e. The van der Waals surface area contributed by atoms with E-state index < -0.39 is 0 Å². The van der Waals surface area contributed by atoms with Crippen LogP contribution in [0.3, 0.4) is 0 Å². The van der Waals surface area contributed by atoms with Crippen molar-refractivity contribution in [2.24, 2.45) is 0 Å². The van der Waals surface area contributed by atoms with Crippen LogP contribution in [0, 0.1) is 13.8 Å². The highest BCUT2D eigenvalue weighted by atomic mass is 16.5. The predicted octanol–water partition coefficient (Wildman–Crippen LogP) is 3.25. The van der Waals surface area contributed by atoms with E-state index in [0.29, 0.717) is 5.75 Å². The molecule has 2 aromatic rings. The van der Waals surface area contributed by atoms with Gasteiger partial charge in [-0.05, 0) is 60.2 Å². The topological polar surface area (TPSA) is 41.5 Å². The molecule has 0 bridgehead atoms. The van der Waals surface area contributed by atoms with E-state index in [0.717, 1.165) is 29.8 Å². The van der Waals surface area contributed by atoms with Crippen molar-refractivity contribution in [1.82, 2.24) is 5.32 Å². The van der Waals surface area contributed by atoms with Gasteiger partial charge in [0.15, 0.2) is 0 Å². The summed E-state index contributed by atoms with van der Waals surface area (Å²) in [6.07, 6.45) is 0.953. The number of phenols is 1. The van der Waals surface area contributed by atoms with Crippen LogP contribution >= 0.6 is 0 Å². The van der Waals surface area contributed by atoms with E-state index in [1.807, 2.05) is 12.1 Å². The molecule has 1 heterocycles. The lowest BCUT2D eigenvalue weighted by Gasteiger charge is -2.28. The lowest BCUT2D eigenvalue weighted by atomic mass is 9.88. The first kappa shape index (κ1) is 14.0. The number of nitrogens with one attached hydrogen (secondary N) is 1. The van der Waals surface area contributed by atoms with Crippen LogP contribution in [0.5, 0.6) is 11.5 Å². The number of aromatic hydroxyl groups is 1. The van der Waals surface area contributed by atoms with Crippen molar-refractivity contribution in [2.75, 3.05) is 13.7 Å². The highest BCUT2D eigenvalue weighted by Gasteiger charge is 2.22. The number of rotatable bonds is 2. The van der Waals surface area contributed by atoms with Crippen molar-refractivity contribution < 1.29 is 9.84 Å². The molecular formula is C18H21NO2. The van der Waals surface area contributed by atoms with Gasteiger partial charge in [-0.15, -0.1) is 0 Å². The van der Waals surface area contributed by atoms with Crippen molar-refractivity contribution in [1.29, 1.82) is 0 Å². The summed E-state index contributed by atoms with van der Waals surface area (Å²) in [7, 11) is 1.71. The summed E-state index contributed by atoms with van der Waals surface area (Å²) in [4.78, 5) is 0. The van der Waals surface area contributed by atoms with Gasteiger partial charge < -0.3 is 15.2 Å². The van der Waals surface area contributed by atoms with Gasteiger partial charge >= 0.3 is 0 Å². The van der Waals surface area contributed by atoms with Gasteiger partial charge in [0.25, 0.3) is 0 Å². The second-order valence-corrected chi connectivity index (χ2v) is 5.71. The van der Waals surface area contributed by atoms with Crippen molar-refractivity contribution in [3.63, 3.8) is 0 Å². The first-order valence-corrected chi connectivity index (χ1v) is 7.30. The van der Waals surface area contributed by atoms with Crippen LogP contribution in [-0.2, 0) is 6.42 Å². The number of hydrogen-bond donors (Lipinski definition) is 2. The van der Waals surface area contributed by atoms with E-state index in [-0.39, 0.29) is 6.04 Å². The third-order valence-electron chi connectivity index (χ3n) is 4.20. The van der Waals surface area contributed by atoms with Gasteiger partial charge in [-0.2, -0.15) is 0 Å². The largest absolute Gasteiger partial charge is 0.508 e. The molecule has 1 aliphatic rings. The number of phenolic OH excluding ortho intramolecular Hbond substituents is 1. The van der Waals surface area contributed by atoms with Gasteiger partial charge in [-0.1, -0.05) is 18.2 Å². The summed E-state index contributed by atoms with van der Waals surface area (Å²) in [5, 5.41) is 13.2. The Hall–Kier alpha value is -2.00. The molecule has 3 nitrogen and oxygen atoms in total. The fraction of sp³-hybridized carbons (Fsp3) is 0.333. The predicted molar refractivity (Wildman–Crippen MR) is 84.1 cm³/mol. The molecule has 0 saturated heterocycles. The Kier molecular flexibility index (Phi) is 3.60. The van der Waals surface area contributed by atoms with Gasteiger partial charge in [-0.3, -0.25) is 0 Å². The van der Waals surface area contributed by atoms with Crippen LogP contribution in [0.4, 0.5) is 0 Å². The zero-order valence-electron chi connectivity index (χ0n) is 12.7. The molecular weight excluding hydrogens is 262 g/mol. The first-order chi connectivity index (χ1) is 10.1. The Bertz CT molecular complexity index is 656. The maximum atomic E-state index is 9.66. The number of ether oxygens (including phenoxy) is 1. The Labute approximate surface area is 125 Å². The Morgan fingerprint density at radius 2 is 1.86 bits per heavy atom. The van der Waals surface area contributed by atoms with E-state index in [9.17, 15) is 5.11 Å². The Balaban J connectivity index is 2.07. The van der Waals surface area contributed by atoms with Crippen LogP contribution in [0.25, 0.3) is 0 Å². The molecule has 1 aliphatic heterocycles. The molecule has 0 radical (unpaired) electrons. The molecule has 21 heavy (non-hydrogen) atoms. The monoisotopic (exact) mass is 283 g/mol. The summed E-state index contributed by atoms with van der Waals surface area (Å²) < 4.78 is 5.45. The molecule has 0 amide bonds. The highest BCUT2D eigenvalue weighted by molar-refractivity contribution is 5.49. The summed E-state index contributed by atoms with van der Waals surface area (Å²) in [6.45, 7) is 5.08. The van der Waals surface area contributed by atoms with E-state index in [1.54, 1.807) is 13.2 Å². The van der Waals surface area contributed by atoms with Crippen molar-refractivity contribution >= 4 is 0 Å². The molecule has 1 unspecified atom stereocenters. The second-order valence-electron chi connectivity index (χ2n) is 5.71. The number of benzene rings is 2. The smallest absolute Gasteiger partial charge is 0.124 e. The highest BCUT2D eigenvalue weighted by Crippen LogP contribution is 2.34. The molecule has 1 atom stereocenters. The van der Waals surface area contributed by atoms with Gasteiger partial charge in [0, 0.05) is 6.54 Å². The quantitative estimate of drug-likeness (QED) is 0.889. The molecule has 110 valence electrons. The SMILES string of the molecule is COc1c(C)cc(C2NCCc3cc(O)ccc32)cc1C. The van der Waals surface area contributed by atoms with E-state index >= 15 is 0 Å².